The van der Waals surface area contributed by atoms with Crippen molar-refractivity contribution in [3.8, 4) is 0 Å². The maximum atomic E-state index is 11.4. The van der Waals surface area contributed by atoms with Crippen LogP contribution in [0.2, 0.25) is 0 Å². The zero-order chi connectivity index (χ0) is 14.6. The smallest absolute Gasteiger partial charge is 0.339 e. The van der Waals surface area contributed by atoms with Crippen molar-refractivity contribution in [3.05, 3.63) is 29.8 Å². The van der Waals surface area contributed by atoms with Crippen LogP contribution in [0, 0.1) is 0 Å². The third-order valence-electron chi connectivity index (χ3n) is 2.56. The number of sulfonamides is 1. The number of carbonyl (C=O) groups excluding carboxylic acids is 1. The summed E-state index contributed by atoms with van der Waals surface area (Å²) >= 11 is 0. The van der Waals surface area contributed by atoms with Gasteiger partial charge in [0.15, 0.2) is 6.10 Å². The third kappa shape index (κ3) is 3.93. The van der Waals surface area contributed by atoms with Crippen molar-refractivity contribution >= 4 is 21.7 Å². The first-order valence-corrected chi connectivity index (χ1v) is 7.50. The Hall–Kier alpha value is -1.60. The van der Waals surface area contributed by atoms with Gasteiger partial charge in [-0.1, -0.05) is 12.1 Å². The normalized spacial score (nSPS) is 12.8. The zero-order valence-corrected chi connectivity index (χ0v) is 11.8. The van der Waals surface area contributed by atoms with Crippen molar-refractivity contribution in [2.45, 2.75) is 13.0 Å². The highest BCUT2D eigenvalue weighted by atomic mass is 32.2. The summed E-state index contributed by atoms with van der Waals surface area (Å²) in [6.45, 7) is 1.80. The number of carbonyl (C=O) groups is 1. The molecular weight excluding hydrogens is 270 g/mol. The maximum Gasteiger partial charge on any atom is 0.339 e. The van der Waals surface area contributed by atoms with Gasteiger partial charge < -0.3 is 9.84 Å². The van der Waals surface area contributed by atoms with Gasteiger partial charge in [0.2, 0.25) is 10.0 Å². The molecule has 1 aromatic carbocycles. The van der Waals surface area contributed by atoms with Gasteiger partial charge in [-0.05, 0) is 24.6 Å². The summed E-state index contributed by atoms with van der Waals surface area (Å²) in [5, 5.41) is 9.79. The Kier molecular flexibility index (Phi) is 4.90. The van der Waals surface area contributed by atoms with E-state index in [2.05, 4.69) is 0 Å². The molecule has 0 fully saturated rings. The van der Waals surface area contributed by atoms with Crippen LogP contribution in [-0.2, 0) is 19.6 Å². The summed E-state index contributed by atoms with van der Waals surface area (Å²) in [5.74, 6) is -0.762. The molecule has 0 aliphatic heterocycles. The van der Waals surface area contributed by atoms with Crippen molar-refractivity contribution in [1.29, 1.82) is 0 Å². The van der Waals surface area contributed by atoms with Gasteiger partial charge in [-0.2, -0.15) is 0 Å². The SMILES string of the molecule is CCOC(=O)C(O)c1cccc(N(C)S(C)(=O)=O)c1. The number of hydrogen-bond acceptors (Lipinski definition) is 5. The van der Waals surface area contributed by atoms with Crippen LogP contribution in [0.15, 0.2) is 24.3 Å². The van der Waals surface area contributed by atoms with Crippen LogP contribution in [0.3, 0.4) is 0 Å². The standard InChI is InChI=1S/C12H17NO5S/c1-4-18-12(15)11(14)9-6-5-7-10(8-9)13(2)19(3,16)17/h5-8,11,14H,4H2,1-3H3. The first-order chi connectivity index (χ1) is 8.77. The van der Waals surface area contributed by atoms with Gasteiger partial charge in [0.05, 0.1) is 18.6 Å². The minimum atomic E-state index is -3.39. The van der Waals surface area contributed by atoms with Crippen LogP contribution in [0.1, 0.15) is 18.6 Å². The Morgan fingerprint density at radius 1 is 1.47 bits per heavy atom. The lowest BCUT2D eigenvalue weighted by Gasteiger charge is -2.18. The van der Waals surface area contributed by atoms with Gasteiger partial charge in [0, 0.05) is 7.05 Å². The van der Waals surface area contributed by atoms with E-state index in [1.54, 1.807) is 19.1 Å². The minimum absolute atomic E-state index is 0.166. The molecule has 1 N–H and O–H groups in total. The summed E-state index contributed by atoms with van der Waals surface area (Å²) < 4.78 is 28.6. The Morgan fingerprint density at radius 3 is 2.63 bits per heavy atom. The van der Waals surface area contributed by atoms with E-state index in [0.29, 0.717) is 5.69 Å². The second-order valence-electron chi connectivity index (χ2n) is 3.98. The lowest BCUT2D eigenvalue weighted by Crippen LogP contribution is -2.25. The molecule has 0 aliphatic rings. The average Bonchev–Trinajstić information content (AvgIpc) is 2.36. The number of rotatable bonds is 5. The van der Waals surface area contributed by atoms with Crippen molar-refractivity contribution in [2.24, 2.45) is 0 Å². The Labute approximate surface area is 112 Å². The number of anilines is 1. The van der Waals surface area contributed by atoms with Crippen LogP contribution in [0.4, 0.5) is 5.69 Å². The molecule has 0 aliphatic carbocycles. The second-order valence-corrected chi connectivity index (χ2v) is 5.99. The molecule has 0 heterocycles. The Bertz CT molecular complexity index is 555. The number of esters is 1. The predicted octanol–water partition coefficient (Wildman–Crippen LogP) is 0.679. The Balaban J connectivity index is 3.04. The van der Waals surface area contributed by atoms with Gasteiger partial charge in [0.25, 0.3) is 0 Å². The molecule has 19 heavy (non-hydrogen) atoms. The molecule has 1 rings (SSSR count). The van der Waals surface area contributed by atoms with Crippen LogP contribution >= 0.6 is 0 Å². The van der Waals surface area contributed by atoms with E-state index < -0.39 is 22.1 Å². The molecule has 0 aromatic heterocycles. The van der Waals surface area contributed by atoms with E-state index in [9.17, 15) is 18.3 Å². The summed E-state index contributed by atoms with van der Waals surface area (Å²) in [5.41, 5.74) is 0.648. The fraction of sp³-hybridized carbons (Fsp3) is 0.417. The number of nitrogens with zero attached hydrogens (tertiary/aromatic N) is 1. The molecular formula is C12H17NO5S. The van der Waals surface area contributed by atoms with Crippen LogP contribution in [0.5, 0.6) is 0 Å². The van der Waals surface area contributed by atoms with E-state index in [0.717, 1.165) is 10.6 Å². The number of ether oxygens (including phenoxy) is 1. The molecule has 0 spiro atoms. The van der Waals surface area contributed by atoms with Crippen LogP contribution in [-0.4, -0.2) is 39.4 Å². The fourth-order valence-electron chi connectivity index (χ4n) is 1.44. The highest BCUT2D eigenvalue weighted by Crippen LogP contribution is 2.22. The number of hydrogen-bond donors (Lipinski definition) is 1. The van der Waals surface area contributed by atoms with Crippen molar-refractivity contribution in [1.82, 2.24) is 0 Å². The molecule has 106 valence electrons. The van der Waals surface area contributed by atoms with Crippen molar-refractivity contribution in [3.63, 3.8) is 0 Å². The molecule has 1 aromatic rings. The van der Waals surface area contributed by atoms with Gasteiger partial charge in [-0.3, -0.25) is 4.31 Å². The highest BCUT2D eigenvalue weighted by Gasteiger charge is 2.20. The molecule has 0 radical (unpaired) electrons. The zero-order valence-electron chi connectivity index (χ0n) is 11.0. The van der Waals surface area contributed by atoms with E-state index in [-0.39, 0.29) is 12.2 Å². The number of benzene rings is 1. The fourth-order valence-corrected chi connectivity index (χ4v) is 1.94. The second kappa shape index (κ2) is 6.03. The molecule has 0 saturated carbocycles. The molecule has 7 heteroatoms. The summed E-state index contributed by atoms with van der Waals surface area (Å²) in [6, 6.07) is 6.10. The maximum absolute atomic E-state index is 11.4. The van der Waals surface area contributed by atoms with E-state index in [4.69, 9.17) is 4.74 Å². The van der Waals surface area contributed by atoms with E-state index in [1.807, 2.05) is 0 Å². The van der Waals surface area contributed by atoms with Crippen LogP contribution < -0.4 is 4.31 Å². The highest BCUT2D eigenvalue weighted by molar-refractivity contribution is 7.92. The van der Waals surface area contributed by atoms with E-state index in [1.165, 1.54) is 19.2 Å². The first kappa shape index (κ1) is 15.5. The quantitative estimate of drug-likeness (QED) is 0.805. The Morgan fingerprint density at radius 2 is 2.11 bits per heavy atom. The molecule has 1 atom stereocenters. The monoisotopic (exact) mass is 287 g/mol. The minimum Gasteiger partial charge on any atom is -0.464 e. The largest absolute Gasteiger partial charge is 0.464 e. The third-order valence-corrected chi connectivity index (χ3v) is 3.76. The van der Waals surface area contributed by atoms with Crippen molar-refractivity contribution in [2.75, 3.05) is 24.2 Å². The molecule has 0 saturated heterocycles. The van der Waals surface area contributed by atoms with Gasteiger partial charge in [-0.25, -0.2) is 13.2 Å². The lowest BCUT2D eigenvalue weighted by molar-refractivity contribution is -0.153. The first-order valence-electron chi connectivity index (χ1n) is 5.66. The summed E-state index contributed by atoms with van der Waals surface area (Å²) in [6.07, 6.45) is -0.352. The van der Waals surface area contributed by atoms with Crippen LogP contribution in [0.25, 0.3) is 0 Å². The van der Waals surface area contributed by atoms with Crippen molar-refractivity contribution < 1.29 is 23.1 Å². The summed E-state index contributed by atoms with van der Waals surface area (Å²) in [4.78, 5) is 11.4. The molecule has 0 bridgehead atoms. The average molecular weight is 287 g/mol. The molecule has 0 amide bonds. The van der Waals surface area contributed by atoms with Gasteiger partial charge in [-0.15, -0.1) is 0 Å². The van der Waals surface area contributed by atoms with Gasteiger partial charge >= 0.3 is 5.97 Å². The molecule has 1 unspecified atom stereocenters. The number of aliphatic hydroxyl groups excluding tert-OH is 1. The van der Waals surface area contributed by atoms with E-state index >= 15 is 0 Å². The lowest BCUT2D eigenvalue weighted by atomic mass is 10.1. The summed E-state index contributed by atoms with van der Waals surface area (Å²) in [7, 11) is -2.00. The number of aliphatic hydroxyl groups is 1. The predicted molar refractivity (Wildman–Crippen MR) is 71.3 cm³/mol. The molecule has 6 nitrogen and oxygen atoms in total. The topological polar surface area (TPSA) is 83.9 Å². The van der Waals surface area contributed by atoms with Gasteiger partial charge in [0.1, 0.15) is 0 Å².